The fourth-order valence-corrected chi connectivity index (χ4v) is 3.91. The van der Waals surface area contributed by atoms with Gasteiger partial charge in [0.05, 0.1) is 12.0 Å². The van der Waals surface area contributed by atoms with E-state index in [2.05, 4.69) is 10.6 Å². The minimum Gasteiger partial charge on any atom is -0.356 e. The summed E-state index contributed by atoms with van der Waals surface area (Å²) < 4.78 is 0. The summed E-state index contributed by atoms with van der Waals surface area (Å²) in [6.07, 6.45) is 3.30. The van der Waals surface area contributed by atoms with Crippen LogP contribution in [0.25, 0.3) is 0 Å². The van der Waals surface area contributed by atoms with Crippen LogP contribution in [0.3, 0.4) is 0 Å². The number of hydrogen-bond acceptors (Lipinski definition) is 3. The summed E-state index contributed by atoms with van der Waals surface area (Å²) in [5.74, 6) is 0.696. The van der Waals surface area contributed by atoms with E-state index in [0.29, 0.717) is 18.8 Å². The number of likely N-dealkylation sites (tertiary alicyclic amines) is 1. The van der Waals surface area contributed by atoms with Crippen LogP contribution >= 0.6 is 0 Å². The molecule has 2 aliphatic heterocycles. The number of nitrogens with one attached hydrogen (secondary N) is 2. The molecule has 2 N–H and O–H groups in total. The van der Waals surface area contributed by atoms with E-state index in [1.807, 2.05) is 37.4 Å². The number of rotatable bonds is 5. The number of hydrogen-bond donors (Lipinski definition) is 2. The van der Waals surface area contributed by atoms with Crippen molar-refractivity contribution in [2.75, 3.05) is 26.7 Å². The van der Waals surface area contributed by atoms with Crippen molar-refractivity contribution in [2.24, 2.45) is 11.8 Å². The molecule has 2 fully saturated rings. The van der Waals surface area contributed by atoms with E-state index >= 15 is 0 Å². The minimum atomic E-state index is -0.170. The van der Waals surface area contributed by atoms with Gasteiger partial charge in [-0.1, -0.05) is 30.3 Å². The van der Waals surface area contributed by atoms with Gasteiger partial charge < -0.3 is 15.5 Å². The van der Waals surface area contributed by atoms with Crippen molar-refractivity contribution in [3.05, 3.63) is 35.9 Å². The highest BCUT2D eigenvalue weighted by Gasteiger charge is 2.38. The van der Waals surface area contributed by atoms with Crippen LogP contribution in [0, 0.1) is 11.8 Å². The number of carbonyl (C=O) groups is 2. The van der Waals surface area contributed by atoms with E-state index in [-0.39, 0.29) is 23.8 Å². The van der Waals surface area contributed by atoms with Gasteiger partial charge in [0, 0.05) is 20.0 Å². The molecule has 5 nitrogen and oxygen atoms in total. The van der Waals surface area contributed by atoms with Gasteiger partial charge >= 0.3 is 0 Å². The summed E-state index contributed by atoms with van der Waals surface area (Å²) >= 11 is 0. The van der Waals surface area contributed by atoms with E-state index < -0.39 is 0 Å². The van der Waals surface area contributed by atoms with Crippen molar-refractivity contribution >= 4 is 11.8 Å². The van der Waals surface area contributed by atoms with Crippen molar-refractivity contribution < 1.29 is 9.59 Å². The molecule has 0 spiro atoms. The van der Waals surface area contributed by atoms with Gasteiger partial charge in [-0.05, 0) is 43.8 Å². The standard InChI is InChI=1S/C19H27N3O2/c1-22-17(23)8-7-16(18(22)15-5-3-2-4-6-15)19(24)21-12-10-14-9-11-20-13-14/h2-6,14,16,18,20H,7-13H2,1H3,(H,21,24). The normalized spacial score (nSPS) is 27.3. The molecule has 2 aliphatic rings. The quantitative estimate of drug-likeness (QED) is 0.864. The van der Waals surface area contributed by atoms with Crippen molar-refractivity contribution in [1.29, 1.82) is 0 Å². The molecule has 0 aliphatic carbocycles. The van der Waals surface area contributed by atoms with E-state index in [4.69, 9.17) is 0 Å². The molecule has 24 heavy (non-hydrogen) atoms. The summed E-state index contributed by atoms with van der Waals surface area (Å²) in [5.41, 5.74) is 1.04. The zero-order valence-corrected chi connectivity index (χ0v) is 14.3. The Balaban J connectivity index is 1.64. The Kier molecular flexibility index (Phi) is 5.51. The molecule has 1 aromatic carbocycles. The third-order valence-electron chi connectivity index (χ3n) is 5.35. The zero-order valence-electron chi connectivity index (χ0n) is 14.3. The number of benzene rings is 1. The summed E-state index contributed by atoms with van der Waals surface area (Å²) in [6.45, 7) is 2.87. The lowest BCUT2D eigenvalue weighted by Crippen LogP contribution is -2.46. The number of piperidine rings is 1. The fourth-order valence-electron chi connectivity index (χ4n) is 3.91. The van der Waals surface area contributed by atoms with Crippen LogP contribution in [0.4, 0.5) is 0 Å². The second-order valence-electron chi connectivity index (χ2n) is 6.94. The van der Waals surface area contributed by atoms with Crippen molar-refractivity contribution in [2.45, 2.75) is 31.7 Å². The van der Waals surface area contributed by atoms with Gasteiger partial charge in [-0.25, -0.2) is 0 Å². The van der Waals surface area contributed by atoms with Gasteiger partial charge in [-0.2, -0.15) is 0 Å². The van der Waals surface area contributed by atoms with Crippen LogP contribution in [0.1, 0.15) is 37.3 Å². The molecule has 5 heteroatoms. The highest BCUT2D eigenvalue weighted by atomic mass is 16.2. The van der Waals surface area contributed by atoms with E-state index in [0.717, 1.165) is 31.6 Å². The van der Waals surface area contributed by atoms with Gasteiger partial charge in [0.25, 0.3) is 0 Å². The lowest BCUT2D eigenvalue weighted by molar-refractivity contribution is -0.141. The SMILES string of the molecule is CN1C(=O)CCC(C(=O)NCCC2CCNC2)C1c1ccccc1. The highest BCUT2D eigenvalue weighted by Crippen LogP contribution is 2.35. The molecule has 0 aromatic heterocycles. The maximum atomic E-state index is 12.7. The monoisotopic (exact) mass is 329 g/mol. The van der Waals surface area contributed by atoms with Gasteiger partial charge in [0.2, 0.25) is 11.8 Å². The van der Waals surface area contributed by atoms with Gasteiger partial charge in [-0.15, -0.1) is 0 Å². The van der Waals surface area contributed by atoms with E-state index in [9.17, 15) is 9.59 Å². The lowest BCUT2D eigenvalue weighted by Gasteiger charge is -2.38. The third kappa shape index (κ3) is 3.78. The number of carbonyl (C=O) groups excluding carboxylic acids is 2. The average Bonchev–Trinajstić information content (AvgIpc) is 3.11. The second kappa shape index (κ2) is 7.79. The highest BCUT2D eigenvalue weighted by molar-refractivity contribution is 5.84. The van der Waals surface area contributed by atoms with Crippen LogP contribution in [-0.2, 0) is 9.59 Å². The van der Waals surface area contributed by atoms with Crippen molar-refractivity contribution in [3.63, 3.8) is 0 Å². The lowest BCUT2D eigenvalue weighted by atomic mass is 9.84. The number of nitrogens with zero attached hydrogens (tertiary/aromatic N) is 1. The Hall–Kier alpha value is -1.88. The first kappa shape index (κ1) is 17.0. The van der Waals surface area contributed by atoms with Gasteiger partial charge in [-0.3, -0.25) is 9.59 Å². The van der Waals surface area contributed by atoms with Crippen LogP contribution in [-0.4, -0.2) is 43.4 Å². The predicted molar refractivity (Wildman–Crippen MR) is 93.3 cm³/mol. The summed E-state index contributed by atoms with van der Waals surface area (Å²) in [5, 5.41) is 6.47. The largest absolute Gasteiger partial charge is 0.356 e. The maximum absolute atomic E-state index is 12.7. The topological polar surface area (TPSA) is 61.4 Å². The van der Waals surface area contributed by atoms with Crippen molar-refractivity contribution in [3.8, 4) is 0 Å². The molecule has 0 bridgehead atoms. The van der Waals surface area contributed by atoms with Crippen molar-refractivity contribution in [1.82, 2.24) is 15.5 Å². The van der Waals surface area contributed by atoms with Gasteiger partial charge in [0.15, 0.2) is 0 Å². The molecular weight excluding hydrogens is 302 g/mol. The van der Waals surface area contributed by atoms with Crippen LogP contribution in [0.2, 0.25) is 0 Å². The molecular formula is C19H27N3O2. The second-order valence-corrected chi connectivity index (χ2v) is 6.94. The van der Waals surface area contributed by atoms with Gasteiger partial charge in [0.1, 0.15) is 0 Å². The van der Waals surface area contributed by atoms with Crippen LogP contribution in [0.15, 0.2) is 30.3 Å². The summed E-state index contributed by atoms with van der Waals surface area (Å²) in [6, 6.07) is 9.72. The predicted octanol–water partition coefficient (Wildman–Crippen LogP) is 1.71. The van der Waals surface area contributed by atoms with E-state index in [1.165, 1.54) is 6.42 Å². The molecule has 2 heterocycles. The molecule has 3 unspecified atom stereocenters. The summed E-state index contributed by atoms with van der Waals surface area (Å²) in [7, 11) is 1.81. The Morgan fingerprint density at radius 3 is 2.79 bits per heavy atom. The molecule has 1 aromatic rings. The average molecular weight is 329 g/mol. The Morgan fingerprint density at radius 1 is 1.29 bits per heavy atom. The summed E-state index contributed by atoms with van der Waals surface area (Å²) in [4.78, 5) is 26.6. The molecule has 2 saturated heterocycles. The molecule has 0 radical (unpaired) electrons. The smallest absolute Gasteiger partial charge is 0.225 e. The zero-order chi connectivity index (χ0) is 16.9. The molecule has 0 saturated carbocycles. The first-order valence-corrected chi connectivity index (χ1v) is 8.96. The third-order valence-corrected chi connectivity index (χ3v) is 5.35. The fraction of sp³-hybridized carbons (Fsp3) is 0.579. The van der Waals surface area contributed by atoms with Crippen LogP contribution < -0.4 is 10.6 Å². The molecule has 130 valence electrons. The Labute approximate surface area is 143 Å². The minimum absolute atomic E-state index is 0.0779. The Bertz CT molecular complexity index is 569. The first-order valence-electron chi connectivity index (χ1n) is 8.96. The molecule has 3 rings (SSSR count). The van der Waals surface area contributed by atoms with Crippen LogP contribution in [0.5, 0.6) is 0 Å². The number of amides is 2. The maximum Gasteiger partial charge on any atom is 0.225 e. The Morgan fingerprint density at radius 2 is 2.08 bits per heavy atom. The van der Waals surface area contributed by atoms with E-state index in [1.54, 1.807) is 4.90 Å². The molecule has 2 amide bonds. The molecule has 3 atom stereocenters. The first-order chi connectivity index (χ1) is 11.7.